The predicted octanol–water partition coefficient (Wildman–Crippen LogP) is 1.44. The fraction of sp³-hybridized carbons (Fsp3) is 0.462. The van der Waals surface area contributed by atoms with E-state index in [1.807, 2.05) is 0 Å². The number of guanidine groups is 1. The van der Waals surface area contributed by atoms with E-state index in [2.05, 4.69) is 45.8 Å². The highest BCUT2D eigenvalue weighted by Gasteiger charge is 2.14. The van der Waals surface area contributed by atoms with Gasteiger partial charge in [0.05, 0.1) is 6.54 Å². The van der Waals surface area contributed by atoms with Crippen molar-refractivity contribution in [1.82, 2.24) is 5.32 Å². The van der Waals surface area contributed by atoms with Crippen molar-refractivity contribution in [2.75, 3.05) is 36.9 Å². The lowest BCUT2D eigenvalue weighted by Gasteiger charge is -2.28. The summed E-state index contributed by atoms with van der Waals surface area (Å²) in [4.78, 5) is 6.67. The minimum Gasteiger partial charge on any atom is -0.374 e. The van der Waals surface area contributed by atoms with Crippen molar-refractivity contribution in [2.24, 2.45) is 4.99 Å². The van der Waals surface area contributed by atoms with Crippen LogP contribution in [0.25, 0.3) is 0 Å². The number of nitrogens with zero attached hydrogens (tertiary/aromatic N) is 2. The largest absolute Gasteiger partial charge is 0.374 e. The maximum absolute atomic E-state index is 4.34. The summed E-state index contributed by atoms with van der Waals surface area (Å²) in [5.74, 6) is 0.892. The van der Waals surface area contributed by atoms with E-state index in [1.54, 1.807) is 0 Å². The number of nitrogens with one attached hydrogen (secondary N) is 2. The SMILES string of the molecule is CN1CCCc2ccc(NC3=NCCN3)cc21. The zero-order valence-corrected chi connectivity index (χ0v) is 10.2. The Labute approximate surface area is 102 Å². The molecule has 17 heavy (non-hydrogen) atoms. The van der Waals surface area contributed by atoms with Crippen LogP contribution in [0.15, 0.2) is 23.2 Å². The molecule has 2 aliphatic heterocycles. The van der Waals surface area contributed by atoms with Crippen molar-refractivity contribution < 1.29 is 0 Å². The van der Waals surface area contributed by atoms with E-state index in [1.165, 1.54) is 24.1 Å². The van der Waals surface area contributed by atoms with Gasteiger partial charge in [0.15, 0.2) is 5.96 Å². The molecule has 0 aromatic heterocycles. The number of hydrogen-bond donors (Lipinski definition) is 2. The molecule has 2 aliphatic rings. The van der Waals surface area contributed by atoms with Crippen LogP contribution in [0.1, 0.15) is 12.0 Å². The summed E-state index contributed by atoms with van der Waals surface area (Å²) in [5, 5.41) is 6.55. The number of benzene rings is 1. The first-order chi connectivity index (χ1) is 8.33. The van der Waals surface area contributed by atoms with Crippen LogP contribution in [0.4, 0.5) is 11.4 Å². The van der Waals surface area contributed by atoms with Gasteiger partial charge >= 0.3 is 0 Å². The third-order valence-corrected chi connectivity index (χ3v) is 3.37. The molecule has 2 N–H and O–H groups in total. The molecule has 0 saturated carbocycles. The van der Waals surface area contributed by atoms with Gasteiger partial charge < -0.3 is 15.5 Å². The van der Waals surface area contributed by atoms with E-state index in [0.717, 1.165) is 31.3 Å². The van der Waals surface area contributed by atoms with E-state index in [4.69, 9.17) is 0 Å². The minimum atomic E-state index is 0.868. The van der Waals surface area contributed by atoms with Gasteiger partial charge in [-0.25, -0.2) is 0 Å². The van der Waals surface area contributed by atoms with Gasteiger partial charge in [-0.3, -0.25) is 4.99 Å². The molecule has 0 unspecified atom stereocenters. The smallest absolute Gasteiger partial charge is 0.195 e. The Hall–Kier alpha value is -1.71. The molecule has 0 saturated heterocycles. The Bertz CT molecular complexity index is 453. The van der Waals surface area contributed by atoms with Crippen LogP contribution in [0.3, 0.4) is 0 Å². The predicted molar refractivity (Wildman–Crippen MR) is 72.0 cm³/mol. The second-order valence-corrected chi connectivity index (χ2v) is 4.65. The average molecular weight is 230 g/mol. The second kappa shape index (κ2) is 4.28. The van der Waals surface area contributed by atoms with Gasteiger partial charge in [0.25, 0.3) is 0 Å². The fourth-order valence-corrected chi connectivity index (χ4v) is 2.45. The lowest BCUT2D eigenvalue weighted by atomic mass is 10.0. The molecule has 3 rings (SSSR count). The van der Waals surface area contributed by atoms with Gasteiger partial charge in [0, 0.05) is 31.5 Å². The molecule has 0 spiro atoms. The molecule has 0 radical (unpaired) electrons. The summed E-state index contributed by atoms with van der Waals surface area (Å²) in [7, 11) is 2.16. The van der Waals surface area contributed by atoms with Gasteiger partial charge in [-0.1, -0.05) is 6.07 Å². The van der Waals surface area contributed by atoms with Crippen LogP contribution in [-0.4, -0.2) is 32.6 Å². The topological polar surface area (TPSA) is 39.7 Å². The van der Waals surface area contributed by atoms with E-state index in [0.29, 0.717) is 0 Å². The summed E-state index contributed by atoms with van der Waals surface area (Å²) >= 11 is 0. The average Bonchev–Trinajstić information content (AvgIpc) is 2.83. The van der Waals surface area contributed by atoms with Crippen LogP contribution < -0.4 is 15.5 Å². The zero-order valence-electron chi connectivity index (χ0n) is 10.2. The normalized spacial score (nSPS) is 18.4. The van der Waals surface area contributed by atoms with Crippen molar-refractivity contribution in [3.05, 3.63) is 23.8 Å². The Morgan fingerprint density at radius 1 is 1.41 bits per heavy atom. The van der Waals surface area contributed by atoms with Crippen molar-refractivity contribution in [2.45, 2.75) is 12.8 Å². The van der Waals surface area contributed by atoms with Crippen molar-refractivity contribution in [1.29, 1.82) is 0 Å². The van der Waals surface area contributed by atoms with Crippen LogP contribution in [0, 0.1) is 0 Å². The van der Waals surface area contributed by atoms with Crippen LogP contribution >= 0.6 is 0 Å². The molecule has 1 aromatic carbocycles. The molecule has 0 amide bonds. The molecular formula is C13H18N4. The number of aryl methyl sites for hydroxylation is 1. The Morgan fingerprint density at radius 3 is 3.18 bits per heavy atom. The molecular weight excluding hydrogens is 212 g/mol. The van der Waals surface area contributed by atoms with Crippen molar-refractivity contribution in [3.63, 3.8) is 0 Å². The second-order valence-electron chi connectivity index (χ2n) is 4.65. The summed E-state index contributed by atoms with van der Waals surface area (Å²) in [5.41, 5.74) is 3.91. The lowest BCUT2D eigenvalue weighted by Crippen LogP contribution is -2.27. The van der Waals surface area contributed by atoms with Gasteiger partial charge in [-0.05, 0) is 30.5 Å². The maximum atomic E-state index is 4.34. The van der Waals surface area contributed by atoms with Crippen molar-refractivity contribution >= 4 is 17.3 Å². The summed E-state index contributed by atoms with van der Waals surface area (Å²) in [6, 6.07) is 6.58. The number of rotatable bonds is 1. The number of fused-ring (bicyclic) bond motifs is 1. The molecule has 4 nitrogen and oxygen atoms in total. The highest BCUT2D eigenvalue weighted by atomic mass is 15.2. The van der Waals surface area contributed by atoms with E-state index < -0.39 is 0 Å². The third kappa shape index (κ3) is 2.07. The Balaban J connectivity index is 1.84. The first kappa shape index (κ1) is 10.4. The third-order valence-electron chi connectivity index (χ3n) is 3.37. The first-order valence-corrected chi connectivity index (χ1v) is 6.22. The molecule has 4 heteroatoms. The minimum absolute atomic E-state index is 0.868. The zero-order chi connectivity index (χ0) is 11.7. The van der Waals surface area contributed by atoms with E-state index >= 15 is 0 Å². The van der Waals surface area contributed by atoms with Gasteiger partial charge in [0.2, 0.25) is 0 Å². The summed E-state index contributed by atoms with van der Waals surface area (Å²) < 4.78 is 0. The maximum Gasteiger partial charge on any atom is 0.195 e. The van der Waals surface area contributed by atoms with Crippen molar-refractivity contribution in [3.8, 4) is 0 Å². The highest BCUT2D eigenvalue weighted by molar-refractivity contribution is 5.95. The number of aliphatic imine (C=N–C) groups is 1. The van der Waals surface area contributed by atoms with Gasteiger partial charge in [-0.2, -0.15) is 0 Å². The molecule has 0 aliphatic carbocycles. The molecule has 0 fully saturated rings. The number of anilines is 2. The van der Waals surface area contributed by atoms with Gasteiger partial charge in [-0.15, -0.1) is 0 Å². The van der Waals surface area contributed by atoms with Crippen LogP contribution in [-0.2, 0) is 6.42 Å². The van der Waals surface area contributed by atoms with Crippen LogP contribution in [0.2, 0.25) is 0 Å². The standard InChI is InChI=1S/C13H18N4/c1-17-8-2-3-10-4-5-11(9-12(10)17)16-13-14-6-7-15-13/h4-5,9H,2-3,6-8H2,1H3,(H2,14,15,16). The van der Waals surface area contributed by atoms with Crippen LogP contribution in [0.5, 0.6) is 0 Å². The quantitative estimate of drug-likeness (QED) is 0.767. The molecule has 1 aromatic rings. The molecule has 0 bridgehead atoms. The summed E-state index contributed by atoms with van der Waals surface area (Å²) in [6.07, 6.45) is 2.45. The molecule has 2 heterocycles. The van der Waals surface area contributed by atoms with E-state index in [-0.39, 0.29) is 0 Å². The highest BCUT2D eigenvalue weighted by Crippen LogP contribution is 2.28. The Morgan fingerprint density at radius 2 is 2.35 bits per heavy atom. The fourth-order valence-electron chi connectivity index (χ4n) is 2.45. The Kier molecular flexibility index (Phi) is 2.63. The molecule has 0 atom stereocenters. The monoisotopic (exact) mass is 230 g/mol. The molecule has 90 valence electrons. The number of hydrogen-bond acceptors (Lipinski definition) is 4. The summed E-state index contributed by atoms with van der Waals surface area (Å²) in [6.45, 7) is 2.95. The lowest BCUT2D eigenvalue weighted by molar-refractivity contribution is 0.745. The first-order valence-electron chi connectivity index (χ1n) is 6.22. The van der Waals surface area contributed by atoms with E-state index in [9.17, 15) is 0 Å². The van der Waals surface area contributed by atoms with Gasteiger partial charge in [0.1, 0.15) is 0 Å².